The average Bonchev–Trinajstić information content (AvgIpc) is 2.44. The van der Waals surface area contributed by atoms with E-state index in [9.17, 15) is 14.4 Å². The van der Waals surface area contributed by atoms with Gasteiger partial charge in [-0.2, -0.15) is 5.26 Å². The second-order valence-corrected chi connectivity index (χ2v) is 7.56. The number of rotatable bonds is 5. The van der Waals surface area contributed by atoms with Gasteiger partial charge in [0.05, 0.1) is 12.0 Å². The van der Waals surface area contributed by atoms with Crippen molar-refractivity contribution in [3.05, 3.63) is 34.1 Å². The smallest absolute Gasteiger partial charge is 0.310 e. The Hall–Kier alpha value is -1.89. The molecule has 0 aliphatic carbocycles. The molecule has 0 amide bonds. The molecular formula is C20H28FNO2. The molecule has 1 rings (SSSR count). The molecule has 4 heteroatoms. The maximum absolute atomic E-state index is 14.7. The first-order valence-electron chi connectivity index (χ1n) is 8.48. The molecule has 0 N–H and O–H groups in total. The van der Waals surface area contributed by atoms with Crippen molar-refractivity contribution in [3.8, 4) is 6.07 Å². The molecule has 1 atom stereocenters. The number of carbonyl (C=O) groups is 1. The van der Waals surface area contributed by atoms with Gasteiger partial charge in [0.2, 0.25) is 0 Å². The van der Waals surface area contributed by atoms with Gasteiger partial charge in [-0.1, -0.05) is 27.7 Å². The van der Waals surface area contributed by atoms with E-state index in [0.717, 1.165) is 12.0 Å². The van der Waals surface area contributed by atoms with E-state index in [1.54, 1.807) is 6.07 Å². The van der Waals surface area contributed by atoms with E-state index < -0.39 is 11.4 Å². The predicted octanol–water partition coefficient (Wildman–Crippen LogP) is 5.22. The van der Waals surface area contributed by atoms with Gasteiger partial charge < -0.3 is 4.74 Å². The van der Waals surface area contributed by atoms with Crippen LogP contribution in [0.2, 0.25) is 0 Å². The van der Waals surface area contributed by atoms with E-state index in [2.05, 4.69) is 0 Å². The molecule has 132 valence electrons. The van der Waals surface area contributed by atoms with Gasteiger partial charge in [-0.3, -0.25) is 4.79 Å². The number of ether oxygens (including phenoxy) is 1. The van der Waals surface area contributed by atoms with Crippen molar-refractivity contribution >= 4 is 5.97 Å². The highest BCUT2D eigenvalue weighted by atomic mass is 19.1. The fourth-order valence-corrected chi connectivity index (χ4v) is 2.80. The summed E-state index contributed by atoms with van der Waals surface area (Å²) in [5, 5.41) is 9.25. The van der Waals surface area contributed by atoms with Crippen LogP contribution >= 0.6 is 0 Å². The molecule has 0 saturated carbocycles. The van der Waals surface area contributed by atoms with Gasteiger partial charge in [0.15, 0.2) is 0 Å². The van der Waals surface area contributed by atoms with Gasteiger partial charge in [0.25, 0.3) is 0 Å². The molecule has 0 aliphatic rings. The van der Waals surface area contributed by atoms with Crippen molar-refractivity contribution in [1.29, 1.82) is 5.26 Å². The molecule has 3 nitrogen and oxygen atoms in total. The van der Waals surface area contributed by atoms with Crippen LogP contribution in [0.5, 0.6) is 0 Å². The predicted molar refractivity (Wildman–Crippen MR) is 93.5 cm³/mol. The maximum Gasteiger partial charge on any atom is 0.310 e. The summed E-state index contributed by atoms with van der Waals surface area (Å²) in [4.78, 5) is 12.3. The standard InChI is InChI=1S/C20H28FNO2/c1-8-13(4)15-9-14(11-22)19(21)18(12(2)3)16(15)10-17(23)24-20(5,6)7/h9,12-13H,8,10H2,1-7H3. The Morgan fingerprint density at radius 3 is 2.33 bits per heavy atom. The van der Waals surface area contributed by atoms with E-state index in [-0.39, 0.29) is 29.8 Å². The Kier molecular flexibility index (Phi) is 6.54. The van der Waals surface area contributed by atoms with Gasteiger partial charge >= 0.3 is 5.97 Å². The molecule has 1 aromatic carbocycles. The average molecular weight is 333 g/mol. The van der Waals surface area contributed by atoms with E-state index in [1.807, 2.05) is 54.5 Å². The highest BCUT2D eigenvalue weighted by molar-refractivity contribution is 5.74. The summed E-state index contributed by atoms with van der Waals surface area (Å²) in [6, 6.07) is 3.53. The van der Waals surface area contributed by atoms with Gasteiger partial charge in [-0.25, -0.2) is 4.39 Å². The van der Waals surface area contributed by atoms with Crippen molar-refractivity contribution in [2.75, 3.05) is 0 Å². The van der Waals surface area contributed by atoms with E-state index in [1.165, 1.54) is 0 Å². The second-order valence-electron chi connectivity index (χ2n) is 7.56. The lowest BCUT2D eigenvalue weighted by molar-refractivity contribution is -0.153. The Balaban J connectivity index is 3.51. The Morgan fingerprint density at radius 1 is 1.33 bits per heavy atom. The number of nitriles is 1. The zero-order chi connectivity index (χ0) is 18.7. The van der Waals surface area contributed by atoms with Crippen LogP contribution in [0.25, 0.3) is 0 Å². The number of hydrogen-bond acceptors (Lipinski definition) is 3. The molecule has 0 aliphatic heterocycles. The molecule has 0 aromatic heterocycles. The zero-order valence-electron chi connectivity index (χ0n) is 15.8. The Labute approximate surface area is 144 Å². The first kappa shape index (κ1) is 20.2. The van der Waals surface area contributed by atoms with Crippen LogP contribution in [0.1, 0.15) is 89.0 Å². The van der Waals surface area contributed by atoms with Crippen molar-refractivity contribution < 1.29 is 13.9 Å². The van der Waals surface area contributed by atoms with Crippen molar-refractivity contribution in [3.63, 3.8) is 0 Å². The maximum atomic E-state index is 14.7. The molecular weight excluding hydrogens is 305 g/mol. The second kappa shape index (κ2) is 7.79. The van der Waals surface area contributed by atoms with Gasteiger partial charge in [-0.15, -0.1) is 0 Å². The van der Waals surface area contributed by atoms with Crippen molar-refractivity contribution in [1.82, 2.24) is 0 Å². The topological polar surface area (TPSA) is 50.1 Å². The summed E-state index contributed by atoms with van der Waals surface area (Å²) in [6.45, 7) is 13.2. The number of carbonyl (C=O) groups excluding carboxylic acids is 1. The molecule has 0 fully saturated rings. The Morgan fingerprint density at radius 2 is 1.92 bits per heavy atom. The van der Waals surface area contributed by atoms with Crippen LogP contribution in [0.3, 0.4) is 0 Å². The Bertz CT molecular complexity index is 651. The summed E-state index contributed by atoms with van der Waals surface area (Å²) >= 11 is 0. The normalized spacial score (nSPS) is 12.8. The van der Waals surface area contributed by atoms with Crippen LogP contribution in [0, 0.1) is 17.1 Å². The van der Waals surface area contributed by atoms with Gasteiger partial charge in [0, 0.05) is 0 Å². The zero-order valence-corrected chi connectivity index (χ0v) is 15.8. The highest BCUT2D eigenvalue weighted by Crippen LogP contribution is 2.34. The molecule has 0 spiro atoms. The third-order valence-electron chi connectivity index (χ3n) is 4.03. The van der Waals surface area contributed by atoms with Crippen LogP contribution < -0.4 is 0 Å². The number of benzene rings is 1. The number of esters is 1. The fourth-order valence-electron chi connectivity index (χ4n) is 2.80. The SMILES string of the molecule is CCC(C)c1cc(C#N)c(F)c(C(C)C)c1CC(=O)OC(C)(C)C. The summed E-state index contributed by atoms with van der Waals surface area (Å²) in [6.07, 6.45) is 0.864. The summed E-state index contributed by atoms with van der Waals surface area (Å²) in [5.41, 5.74) is 1.45. The molecule has 0 heterocycles. The number of hydrogen-bond donors (Lipinski definition) is 0. The minimum atomic E-state index is -0.587. The third-order valence-corrected chi connectivity index (χ3v) is 4.03. The fraction of sp³-hybridized carbons (Fsp3) is 0.600. The third kappa shape index (κ3) is 4.80. The van der Waals surface area contributed by atoms with Crippen molar-refractivity contribution in [2.24, 2.45) is 0 Å². The number of halogens is 1. The van der Waals surface area contributed by atoms with Crippen LogP contribution in [-0.4, -0.2) is 11.6 Å². The van der Waals surface area contributed by atoms with Crippen LogP contribution in [0.15, 0.2) is 6.07 Å². The van der Waals surface area contributed by atoms with Crippen LogP contribution in [-0.2, 0) is 16.0 Å². The molecule has 0 saturated heterocycles. The summed E-state index contributed by atoms with van der Waals surface area (Å²) in [5.74, 6) is -0.887. The van der Waals surface area contributed by atoms with E-state index >= 15 is 0 Å². The molecule has 0 bridgehead atoms. The number of nitrogens with zero attached hydrogens (tertiary/aromatic N) is 1. The van der Waals surface area contributed by atoms with Gasteiger partial charge in [-0.05, 0) is 61.8 Å². The largest absolute Gasteiger partial charge is 0.460 e. The first-order chi connectivity index (χ1) is 11.0. The van der Waals surface area contributed by atoms with E-state index in [0.29, 0.717) is 11.1 Å². The van der Waals surface area contributed by atoms with Gasteiger partial charge in [0.1, 0.15) is 17.5 Å². The molecule has 1 aromatic rings. The van der Waals surface area contributed by atoms with Crippen LogP contribution in [0.4, 0.5) is 4.39 Å². The minimum absolute atomic E-state index is 0.0209. The molecule has 1 unspecified atom stereocenters. The monoisotopic (exact) mass is 333 g/mol. The lowest BCUT2D eigenvalue weighted by atomic mass is 9.83. The molecule has 24 heavy (non-hydrogen) atoms. The lowest BCUT2D eigenvalue weighted by Crippen LogP contribution is -2.26. The highest BCUT2D eigenvalue weighted by Gasteiger charge is 2.26. The van der Waals surface area contributed by atoms with E-state index in [4.69, 9.17) is 4.74 Å². The molecule has 0 radical (unpaired) electrons. The lowest BCUT2D eigenvalue weighted by Gasteiger charge is -2.24. The van der Waals surface area contributed by atoms with Crippen molar-refractivity contribution in [2.45, 2.75) is 78.7 Å². The summed E-state index contributed by atoms with van der Waals surface area (Å²) < 4.78 is 20.2. The minimum Gasteiger partial charge on any atom is -0.460 e. The first-order valence-corrected chi connectivity index (χ1v) is 8.48. The summed E-state index contributed by atoms with van der Waals surface area (Å²) in [7, 11) is 0. The quantitative estimate of drug-likeness (QED) is 0.694.